The molecule has 0 spiro atoms. The van der Waals surface area contributed by atoms with Gasteiger partial charge in [0.25, 0.3) is 5.91 Å². The minimum atomic E-state index is -3.37. The molecule has 0 fully saturated rings. The van der Waals surface area contributed by atoms with Gasteiger partial charge in [0.1, 0.15) is 5.75 Å². The second-order valence-electron chi connectivity index (χ2n) is 7.95. The maximum absolute atomic E-state index is 13.3. The van der Waals surface area contributed by atoms with Crippen LogP contribution in [0.1, 0.15) is 34.0 Å². The first-order chi connectivity index (χ1) is 16.7. The SMILES string of the molecule is CN(C)C(=O)c1cccc(Oc2c([N+](=O)[O-])ccc3c2CCC3OP(=O)(NCCBr)NCCBr)c1. The highest BCUT2D eigenvalue weighted by Crippen LogP contribution is 2.51. The lowest BCUT2D eigenvalue weighted by atomic mass is 10.1. The maximum Gasteiger partial charge on any atom is 0.341 e. The Labute approximate surface area is 220 Å². The smallest absolute Gasteiger partial charge is 0.341 e. The van der Waals surface area contributed by atoms with Crippen LogP contribution in [0.3, 0.4) is 0 Å². The maximum atomic E-state index is 13.3. The molecule has 0 aromatic heterocycles. The summed E-state index contributed by atoms with van der Waals surface area (Å²) in [4.78, 5) is 25.1. The van der Waals surface area contributed by atoms with Gasteiger partial charge in [-0.15, -0.1) is 0 Å². The molecule has 0 heterocycles. The Morgan fingerprint density at radius 1 is 1.20 bits per heavy atom. The summed E-state index contributed by atoms with van der Waals surface area (Å²) >= 11 is 6.63. The number of hydrogen-bond acceptors (Lipinski definition) is 6. The first kappa shape index (κ1) is 27.8. The second kappa shape index (κ2) is 12.4. The number of carbonyl (C=O) groups excluding carboxylic acids is 1. The number of carbonyl (C=O) groups is 1. The number of ether oxygens (including phenoxy) is 1. The molecule has 0 bridgehead atoms. The van der Waals surface area contributed by atoms with Crippen LogP contribution in [0.25, 0.3) is 0 Å². The Bertz CT molecular complexity index is 1120. The largest absolute Gasteiger partial charge is 0.450 e. The highest BCUT2D eigenvalue weighted by Gasteiger charge is 2.36. The number of benzene rings is 2. The van der Waals surface area contributed by atoms with Crippen LogP contribution in [-0.2, 0) is 15.5 Å². The van der Waals surface area contributed by atoms with E-state index in [0.717, 1.165) is 0 Å². The normalized spacial score (nSPS) is 15.0. The van der Waals surface area contributed by atoms with Crippen molar-refractivity contribution in [3.63, 3.8) is 0 Å². The monoisotopic (exact) mass is 632 g/mol. The van der Waals surface area contributed by atoms with Gasteiger partial charge in [-0.2, -0.15) is 0 Å². The van der Waals surface area contributed by atoms with Crippen LogP contribution < -0.4 is 14.9 Å². The summed E-state index contributed by atoms with van der Waals surface area (Å²) in [6, 6.07) is 9.50. The predicted octanol–water partition coefficient (Wildman–Crippen LogP) is 5.17. The number of rotatable bonds is 12. The number of nitrogens with zero attached hydrogens (tertiary/aromatic N) is 2. The van der Waals surface area contributed by atoms with E-state index in [1.807, 2.05) is 0 Å². The lowest BCUT2D eigenvalue weighted by Crippen LogP contribution is -2.27. The average molecular weight is 634 g/mol. The van der Waals surface area contributed by atoms with Crippen molar-refractivity contribution in [1.29, 1.82) is 0 Å². The minimum absolute atomic E-state index is 0.102. The molecule has 13 heteroatoms. The van der Waals surface area contributed by atoms with Gasteiger partial charge in [-0.05, 0) is 42.7 Å². The van der Waals surface area contributed by atoms with E-state index >= 15 is 0 Å². The van der Waals surface area contributed by atoms with E-state index in [9.17, 15) is 19.5 Å². The zero-order valence-corrected chi connectivity index (χ0v) is 23.4. The van der Waals surface area contributed by atoms with E-state index in [1.54, 1.807) is 44.4 Å². The van der Waals surface area contributed by atoms with Crippen molar-refractivity contribution < 1.29 is 23.5 Å². The van der Waals surface area contributed by atoms with Crippen LogP contribution in [0.5, 0.6) is 11.5 Å². The summed E-state index contributed by atoms with van der Waals surface area (Å²) in [5.74, 6) is 0.200. The van der Waals surface area contributed by atoms with Crippen molar-refractivity contribution in [2.24, 2.45) is 0 Å². The standard InChI is InChI=1S/C22H27Br2N4O6P/c1-27(2)22(29)15-4-3-5-16(14-15)33-21-18-7-9-20(17(18)6-8-19(21)28(30)31)34-35(32,25-12-10-23)26-13-11-24/h3-6,8,14,20H,7,9-13H2,1-2H3,(H2,25,26,32). The summed E-state index contributed by atoms with van der Waals surface area (Å²) in [5.41, 5.74) is 1.53. The van der Waals surface area contributed by atoms with E-state index in [2.05, 4.69) is 42.0 Å². The molecular formula is C22H27Br2N4O6P. The van der Waals surface area contributed by atoms with Crippen LogP contribution >= 0.6 is 39.5 Å². The van der Waals surface area contributed by atoms with Crippen molar-refractivity contribution in [2.45, 2.75) is 18.9 Å². The zero-order valence-electron chi connectivity index (χ0n) is 19.3. The summed E-state index contributed by atoms with van der Waals surface area (Å²) in [6.07, 6.45) is 0.401. The minimum Gasteiger partial charge on any atom is -0.450 e. The molecule has 1 amide bonds. The summed E-state index contributed by atoms with van der Waals surface area (Å²) in [6.45, 7) is 0.867. The number of fused-ring (bicyclic) bond motifs is 1. The third kappa shape index (κ3) is 6.90. The molecule has 10 nitrogen and oxygen atoms in total. The zero-order chi connectivity index (χ0) is 25.6. The first-order valence-corrected chi connectivity index (χ1v) is 14.8. The Kier molecular flexibility index (Phi) is 9.86. The summed E-state index contributed by atoms with van der Waals surface area (Å²) in [5, 5.41) is 18.8. The van der Waals surface area contributed by atoms with Crippen LogP contribution in [-0.4, -0.2) is 53.6 Å². The third-order valence-electron chi connectivity index (χ3n) is 5.29. The quantitative estimate of drug-likeness (QED) is 0.142. The Hall–Kier alpha value is -1.82. The highest BCUT2D eigenvalue weighted by molar-refractivity contribution is 9.09. The Balaban J connectivity index is 1.94. The molecular weight excluding hydrogens is 607 g/mol. The number of halogens is 2. The molecule has 1 aliphatic rings. The molecule has 1 aliphatic carbocycles. The molecule has 0 saturated heterocycles. The molecule has 0 aliphatic heterocycles. The highest BCUT2D eigenvalue weighted by atomic mass is 79.9. The van der Waals surface area contributed by atoms with Gasteiger partial charge >= 0.3 is 13.4 Å². The number of nitro benzene ring substituents is 1. The molecule has 3 rings (SSSR count). The van der Waals surface area contributed by atoms with Crippen molar-refractivity contribution >= 4 is 51.1 Å². The first-order valence-electron chi connectivity index (χ1n) is 10.9. The predicted molar refractivity (Wildman–Crippen MR) is 141 cm³/mol. The van der Waals surface area contributed by atoms with Gasteiger partial charge in [0.2, 0.25) is 5.75 Å². The number of alkyl halides is 2. The topological polar surface area (TPSA) is 123 Å². The number of amides is 1. The fourth-order valence-electron chi connectivity index (χ4n) is 3.75. The van der Waals surface area contributed by atoms with Crippen LogP contribution in [0.2, 0.25) is 0 Å². The number of nitro groups is 1. The molecule has 35 heavy (non-hydrogen) atoms. The Morgan fingerprint density at radius 3 is 2.49 bits per heavy atom. The van der Waals surface area contributed by atoms with Gasteiger partial charge in [0.15, 0.2) is 0 Å². The number of nitrogens with one attached hydrogen (secondary N) is 2. The Morgan fingerprint density at radius 2 is 1.89 bits per heavy atom. The van der Waals surface area contributed by atoms with Gasteiger partial charge in [-0.1, -0.05) is 37.9 Å². The molecule has 1 atom stereocenters. The van der Waals surface area contributed by atoms with E-state index in [1.165, 1.54) is 11.0 Å². The molecule has 190 valence electrons. The fraction of sp³-hybridized carbons (Fsp3) is 0.409. The summed E-state index contributed by atoms with van der Waals surface area (Å²) in [7, 11) is -0.0897. The lowest BCUT2D eigenvalue weighted by molar-refractivity contribution is -0.385. The number of hydrogen-bond donors (Lipinski definition) is 2. The van der Waals surface area contributed by atoms with Gasteiger partial charge < -0.3 is 9.64 Å². The van der Waals surface area contributed by atoms with Gasteiger partial charge in [0.05, 0.1) is 11.0 Å². The average Bonchev–Trinajstić information content (AvgIpc) is 3.24. The molecule has 2 aromatic carbocycles. The van der Waals surface area contributed by atoms with E-state index in [-0.39, 0.29) is 17.3 Å². The van der Waals surface area contributed by atoms with E-state index in [4.69, 9.17) is 9.26 Å². The second-order valence-corrected chi connectivity index (χ2v) is 11.5. The van der Waals surface area contributed by atoms with Gasteiger partial charge in [-0.25, -0.2) is 10.2 Å². The van der Waals surface area contributed by atoms with E-state index in [0.29, 0.717) is 59.0 Å². The summed E-state index contributed by atoms with van der Waals surface area (Å²) < 4.78 is 25.4. The molecule has 0 saturated carbocycles. The molecule has 2 aromatic rings. The molecule has 0 radical (unpaired) electrons. The van der Waals surface area contributed by atoms with Crippen LogP contribution in [0, 0.1) is 10.1 Å². The van der Waals surface area contributed by atoms with Crippen molar-refractivity contribution in [3.05, 3.63) is 63.2 Å². The van der Waals surface area contributed by atoms with Crippen molar-refractivity contribution in [2.75, 3.05) is 37.8 Å². The van der Waals surface area contributed by atoms with E-state index < -0.39 is 18.7 Å². The van der Waals surface area contributed by atoms with Crippen molar-refractivity contribution in [1.82, 2.24) is 15.1 Å². The lowest BCUT2D eigenvalue weighted by Gasteiger charge is -2.24. The molecule has 1 unspecified atom stereocenters. The molecule has 2 N–H and O–H groups in total. The van der Waals surface area contributed by atoms with Crippen LogP contribution in [0.4, 0.5) is 5.69 Å². The van der Waals surface area contributed by atoms with Gasteiger partial charge in [-0.3, -0.25) is 24.0 Å². The third-order valence-corrected chi connectivity index (χ3v) is 7.91. The van der Waals surface area contributed by atoms with Crippen LogP contribution in [0.15, 0.2) is 36.4 Å². The van der Waals surface area contributed by atoms with Crippen molar-refractivity contribution in [3.8, 4) is 11.5 Å². The fourth-order valence-corrected chi connectivity index (χ4v) is 6.41. The van der Waals surface area contributed by atoms with Gasteiger partial charge in [0, 0.05) is 55.0 Å².